The summed E-state index contributed by atoms with van der Waals surface area (Å²) in [6.07, 6.45) is -0.0405. The highest BCUT2D eigenvalue weighted by atomic mass is 16.5. The number of aromatic nitrogens is 2. The maximum atomic E-state index is 11.2. The number of carbonyl (C=O) groups excluding carboxylic acids is 1. The van der Waals surface area contributed by atoms with Crippen LogP contribution in [0.3, 0.4) is 0 Å². The second-order valence-electron chi connectivity index (χ2n) is 4.47. The first-order valence-corrected chi connectivity index (χ1v) is 6.08. The van der Waals surface area contributed by atoms with Crippen LogP contribution < -0.4 is 0 Å². The van der Waals surface area contributed by atoms with Gasteiger partial charge in [0.05, 0.1) is 19.0 Å². The van der Waals surface area contributed by atoms with E-state index in [0.717, 1.165) is 18.4 Å². The fourth-order valence-electron chi connectivity index (χ4n) is 1.83. The van der Waals surface area contributed by atoms with Gasteiger partial charge in [-0.3, -0.25) is 0 Å². The Hall–Kier alpha value is -2.18. The molecule has 0 spiro atoms. The second-order valence-corrected chi connectivity index (χ2v) is 4.47. The number of carbonyl (C=O) groups is 1. The Morgan fingerprint density at radius 3 is 2.80 bits per heavy atom. The first-order valence-electron chi connectivity index (χ1n) is 6.08. The summed E-state index contributed by atoms with van der Waals surface area (Å²) in [5, 5.41) is 23.6. The van der Waals surface area contributed by atoms with Crippen molar-refractivity contribution in [1.29, 1.82) is 0 Å². The fraction of sp³-hybridized carbons (Fsp3) is 0.286. The molecule has 0 aliphatic carbocycles. The zero-order valence-corrected chi connectivity index (χ0v) is 11.2. The summed E-state index contributed by atoms with van der Waals surface area (Å²) in [6, 6.07) is 7.66. The molecule has 0 aliphatic rings. The van der Waals surface area contributed by atoms with Gasteiger partial charge in [-0.15, -0.1) is 0 Å². The molecule has 6 nitrogen and oxygen atoms in total. The van der Waals surface area contributed by atoms with Gasteiger partial charge >= 0.3 is 5.97 Å². The molecule has 2 unspecified atom stereocenters. The molecular weight excluding hydrogens is 260 g/mol. The molecule has 0 radical (unpaired) electrons. The fourth-order valence-corrected chi connectivity index (χ4v) is 1.83. The van der Waals surface area contributed by atoms with Gasteiger partial charge in [0.15, 0.2) is 6.10 Å². The van der Waals surface area contributed by atoms with E-state index in [-0.39, 0.29) is 0 Å². The number of benzene rings is 1. The van der Waals surface area contributed by atoms with Crippen molar-refractivity contribution in [3.8, 4) is 5.69 Å². The van der Waals surface area contributed by atoms with Crippen molar-refractivity contribution in [2.45, 2.75) is 19.1 Å². The third-order valence-electron chi connectivity index (χ3n) is 2.95. The Bertz CT molecular complexity index is 609. The van der Waals surface area contributed by atoms with Crippen LogP contribution in [0.4, 0.5) is 0 Å². The second kappa shape index (κ2) is 5.85. The largest absolute Gasteiger partial charge is 0.467 e. The maximum Gasteiger partial charge on any atom is 0.337 e. The van der Waals surface area contributed by atoms with Crippen molar-refractivity contribution in [2.75, 3.05) is 7.11 Å². The summed E-state index contributed by atoms with van der Waals surface area (Å²) in [6.45, 7) is 1.96. The summed E-state index contributed by atoms with van der Waals surface area (Å²) >= 11 is 0. The van der Waals surface area contributed by atoms with Crippen LogP contribution in [0.1, 0.15) is 17.2 Å². The molecule has 1 aromatic carbocycles. The molecular formula is C14H16N2O4. The van der Waals surface area contributed by atoms with Crippen molar-refractivity contribution in [2.24, 2.45) is 0 Å². The number of ether oxygens (including phenoxy) is 1. The van der Waals surface area contributed by atoms with Gasteiger partial charge in [-0.1, -0.05) is 12.1 Å². The van der Waals surface area contributed by atoms with Crippen molar-refractivity contribution in [3.63, 3.8) is 0 Å². The minimum Gasteiger partial charge on any atom is -0.467 e. The van der Waals surface area contributed by atoms with Gasteiger partial charge in [-0.2, -0.15) is 5.10 Å². The van der Waals surface area contributed by atoms with Crippen LogP contribution in [0.2, 0.25) is 0 Å². The number of aryl methyl sites for hydroxylation is 1. The Morgan fingerprint density at radius 1 is 1.40 bits per heavy atom. The zero-order valence-electron chi connectivity index (χ0n) is 11.2. The van der Waals surface area contributed by atoms with Crippen molar-refractivity contribution >= 4 is 5.97 Å². The average molecular weight is 276 g/mol. The molecule has 2 N–H and O–H groups in total. The van der Waals surface area contributed by atoms with E-state index in [1.165, 1.54) is 6.20 Å². The predicted octanol–water partition coefficient (Wildman–Crippen LogP) is 0.748. The van der Waals surface area contributed by atoms with E-state index in [1.807, 2.05) is 31.2 Å². The summed E-state index contributed by atoms with van der Waals surface area (Å²) in [5.41, 5.74) is 2.25. The van der Waals surface area contributed by atoms with Gasteiger partial charge in [0.2, 0.25) is 0 Å². The lowest BCUT2D eigenvalue weighted by Crippen LogP contribution is -2.28. The molecule has 1 aromatic heterocycles. The van der Waals surface area contributed by atoms with Gasteiger partial charge in [0.25, 0.3) is 0 Å². The number of methoxy groups -OCH3 is 1. The monoisotopic (exact) mass is 276 g/mol. The lowest BCUT2D eigenvalue weighted by Gasteiger charge is -2.13. The Labute approximate surface area is 116 Å². The van der Waals surface area contributed by atoms with Crippen LogP contribution in [0.25, 0.3) is 5.69 Å². The normalized spacial score (nSPS) is 13.8. The van der Waals surface area contributed by atoms with E-state index in [1.54, 1.807) is 10.9 Å². The molecule has 0 bridgehead atoms. The van der Waals surface area contributed by atoms with Crippen LogP contribution in [-0.2, 0) is 9.53 Å². The third-order valence-corrected chi connectivity index (χ3v) is 2.95. The van der Waals surface area contributed by atoms with E-state index < -0.39 is 18.2 Å². The summed E-state index contributed by atoms with van der Waals surface area (Å²) in [7, 11) is 1.15. The topological polar surface area (TPSA) is 84.6 Å². The highest BCUT2D eigenvalue weighted by Crippen LogP contribution is 2.19. The number of nitrogens with zero attached hydrogens (tertiary/aromatic N) is 2. The summed E-state index contributed by atoms with van der Waals surface area (Å²) < 4.78 is 5.95. The van der Waals surface area contributed by atoms with Crippen molar-refractivity contribution < 1.29 is 19.7 Å². The van der Waals surface area contributed by atoms with Gasteiger partial charge in [-0.05, 0) is 24.6 Å². The van der Waals surface area contributed by atoms with Crippen LogP contribution in [-0.4, -0.2) is 39.2 Å². The molecule has 2 aromatic rings. The molecule has 20 heavy (non-hydrogen) atoms. The van der Waals surface area contributed by atoms with Gasteiger partial charge in [-0.25, -0.2) is 9.48 Å². The third kappa shape index (κ3) is 2.87. The molecule has 106 valence electrons. The SMILES string of the molecule is COC(=O)C(O)C(O)c1cnn(-c2cccc(C)c2)c1. The minimum atomic E-state index is -1.63. The van der Waals surface area contributed by atoms with Crippen molar-refractivity contribution in [3.05, 3.63) is 47.8 Å². The highest BCUT2D eigenvalue weighted by molar-refractivity contribution is 5.75. The maximum absolute atomic E-state index is 11.2. The molecule has 1 heterocycles. The molecule has 6 heteroatoms. The standard InChI is InChI=1S/C14H16N2O4/c1-9-4-3-5-11(6-9)16-8-10(7-15-16)12(17)13(18)14(19)20-2/h3-8,12-13,17-18H,1-2H3. The average Bonchev–Trinajstić information content (AvgIpc) is 2.94. The van der Waals surface area contributed by atoms with Crippen LogP contribution >= 0.6 is 0 Å². The smallest absolute Gasteiger partial charge is 0.337 e. The van der Waals surface area contributed by atoms with E-state index in [4.69, 9.17) is 0 Å². The number of hydrogen-bond donors (Lipinski definition) is 2. The van der Waals surface area contributed by atoms with Gasteiger partial charge < -0.3 is 14.9 Å². The molecule has 2 atom stereocenters. The number of rotatable bonds is 4. The molecule has 0 fully saturated rings. The summed E-state index contributed by atoms with van der Waals surface area (Å²) in [5.74, 6) is -0.888. The van der Waals surface area contributed by atoms with Gasteiger partial charge in [0, 0.05) is 11.8 Å². The Kier molecular flexibility index (Phi) is 4.16. The molecule has 0 aliphatic heterocycles. The summed E-state index contributed by atoms with van der Waals surface area (Å²) in [4.78, 5) is 11.2. The molecule has 0 saturated carbocycles. The lowest BCUT2D eigenvalue weighted by molar-refractivity contribution is -0.156. The predicted molar refractivity (Wildman–Crippen MR) is 71.3 cm³/mol. The highest BCUT2D eigenvalue weighted by Gasteiger charge is 2.27. The zero-order chi connectivity index (χ0) is 14.7. The first kappa shape index (κ1) is 14.2. The first-order chi connectivity index (χ1) is 9.52. The van der Waals surface area contributed by atoms with E-state index in [0.29, 0.717) is 5.56 Å². The van der Waals surface area contributed by atoms with E-state index >= 15 is 0 Å². The van der Waals surface area contributed by atoms with Crippen molar-refractivity contribution in [1.82, 2.24) is 9.78 Å². The Balaban J connectivity index is 2.23. The van der Waals surface area contributed by atoms with E-state index in [2.05, 4.69) is 9.84 Å². The number of esters is 1. The Morgan fingerprint density at radius 2 is 2.15 bits per heavy atom. The molecule has 0 saturated heterocycles. The number of aliphatic hydroxyl groups excluding tert-OH is 2. The lowest BCUT2D eigenvalue weighted by atomic mass is 10.1. The van der Waals surface area contributed by atoms with Crippen LogP contribution in [0, 0.1) is 6.92 Å². The quantitative estimate of drug-likeness (QED) is 0.805. The minimum absolute atomic E-state index is 0.337. The molecule has 2 rings (SSSR count). The van der Waals surface area contributed by atoms with Crippen LogP contribution in [0.5, 0.6) is 0 Å². The van der Waals surface area contributed by atoms with Crippen LogP contribution in [0.15, 0.2) is 36.7 Å². The molecule has 0 amide bonds. The number of aliphatic hydroxyl groups is 2. The van der Waals surface area contributed by atoms with Gasteiger partial charge in [0.1, 0.15) is 6.10 Å². The van der Waals surface area contributed by atoms with E-state index in [9.17, 15) is 15.0 Å². The number of hydrogen-bond acceptors (Lipinski definition) is 5.